The van der Waals surface area contributed by atoms with Crippen LogP contribution in [0, 0.1) is 19.7 Å². The van der Waals surface area contributed by atoms with Crippen molar-refractivity contribution < 1.29 is 12.8 Å². The molecule has 0 aliphatic rings. The van der Waals surface area contributed by atoms with E-state index in [1.54, 1.807) is 12.1 Å². The average Bonchev–Trinajstić information content (AvgIpc) is 2.36. The van der Waals surface area contributed by atoms with Crippen LogP contribution in [0.25, 0.3) is 0 Å². The zero-order valence-corrected chi connectivity index (χ0v) is 12.0. The number of aryl methyl sites for hydroxylation is 2. The van der Waals surface area contributed by atoms with Crippen molar-refractivity contribution in [2.45, 2.75) is 18.7 Å². The molecule has 6 heteroatoms. The van der Waals surface area contributed by atoms with E-state index in [0.717, 1.165) is 17.2 Å². The fraction of sp³-hybridized carbons (Fsp3) is 0.143. The second-order valence-corrected chi connectivity index (χ2v) is 6.27. The Hall–Kier alpha value is -2.08. The molecule has 2 aromatic rings. The van der Waals surface area contributed by atoms with Crippen LogP contribution >= 0.6 is 0 Å². The number of nitrogens with one attached hydrogen (secondary N) is 1. The van der Waals surface area contributed by atoms with E-state index in [0.29, 0.717) is 0 Å². The van der Waals surface area contributed by atoms with E-state index in [1.807, 2.05) is 13.8 Å². The molecular weight excluding hydrogens is 279 g/mol. The molecule has 0 spiro atoms. The van der Waals surface area contributed by atoms with E-state index in [1.165, 1.54) is 18.2 Å². The molecule has 0 unspecified atom stereocenters. The van der Waals surface area contributed by atoms with Crippen molar-refractivity contribution >= 4 is 21.4 Å². The van der Waals surface area contributed by atoms with Crippen molar-refractivity contribution in [2.75, 3.05) is 10.5 Å². The smallest absolute Gasteiger partial charge is 0.261 e. The van der Waals surface area contributed by atoms with E-state index in [-0.39, 0.29) is 16.3 Å². The second kappa shape index (κ2) is 5.13. The van der Waals surface area contributed by atoms with Crippen LogP contribution in [0.4, 0.5) is 15.8 Å². The van der Waals surface area contributed by atoms with Gasteiger partial charge in [-0.2, -0.15) is 0 Å². The molecule has 2 rings (SSSR count). The van der Waals surface area contributed by atoms with Crippen molar-refractivity contribution in [1.82, 2.24) is 0 Å². The molecule has 106 valence electrons. The summed E-state index contributed by atoms with van der Waals surface area (Å²) in [5, 5.41) is 0. The lowest BCUT2D eigenvalue weighted by molar-refractivity contribution is 0.598. The number of anilines is 2. The Labute approximate surface area is 117 Å². The van der Waals surface area contributed by atoms with Crippen molar-refractivity contribution in [3.05, 3.63) is 53.3 Å². The molecule has 0 atom stereocenters. The van der Waals surface area contributed by atoms with E-state index in [4.69, 9.17) is 5.73 Å². The number of hydrogen-bond donors (Lipinski definition) is 2. The predicted molar refractivity (Wildman–Crippen MR) is 77.5 cm³/mol. The maximum atomic E-state index is 13.6. The molecule has 0 saturated carbocycles. The number of halogens is 1. The number of nitrogen functional groups attached to an aromatic ring is 1. The molecule has 0 aliphatic heterocycles. The number of rotatable bonds is 3. The minimum Gasteiger partial charge on any atom is -0.399 e. The lowest BCUT2D eigenvalue weighted by atomic mass is 10.1. The summed E-state index contributed by atoms with van der Waals surface area (Å²) in [5.41, 5.74) is 7.37. The molecule has 0 aliphatic carbocycles. The number of hydrogen-bond acceptors (Lipinski definition) is 3. The molecule has 20 heavy (non-hydrogen) atoms. The van der Waals surface area contributed by atoms with Gasteiger partial charge in [-0.25, -0.2) is 12.8 Å². The van der Waals surface area contributed by atoms with Gasteiger partial charge in [0.05, 0.1) is 10.6 Å². The largest absolute Gasteiger partial charge is 0.399 e. The third-order valence-electron chi connectivity index (χ3n) is 3.03. The number of nitrogens with two attached hydrogens (primary N) is 1. The monoisotopic (exact) mass is 294 g/mol. The molecule has 0 aromatic heterocycles. The molecule has 0 saturated heterocycles. The van der Waals surface area contributed by atoms with Crippen molar-refractivity contribution in [3.63, 3.8) is 0 Å². The molecule has 0 amide bonds. The molecule has 4 nitrogen and oxygen atoms in total. The summed E-state index contributed by atoms with van der Waals surface area (Å²) in [6.07, 6.45) is 0. The Bertz CT molecular complexity index is 758. The third-order valence-corrected chi connectivity index (χ3v) is 4.39. The van der Waals surface area contributed by atoms with Crippen LogP contribution in [0.15, 0.2) is 41.3 Å². The summed E-state index contributed by atoms with van der Waals surface area (Å²) in [6.45, 7) is 3.71. The molecular formula is C14H15FN2O2S. The first-order chi connectivity index (χ1) is 9.29. The van der Waals surface area contributed by atoms with Crippen LogP contribution in [0.5, 0.6) is 0 Å². The van der Waals surface area contributed by atoms with Gasteiger partial charge >= 0.3 is 0 Å². The van der Waals surface area contributed by atoms with Gasteiger partial charge in [0.15, 0.2) is 0 Å². The van der Waals surface area contributed by atoms with Crippen LogP contribution in [0.2, 0.25) is 0 Å². The Morgan fingerprint density at radius 1 is 1.05 bits per heavy atom. The van der Waals surface area contributed by atoms with Crippen molar-refractivity contribution in [1.29, 1.82) is 0 Å². The highest BCUT2D eigenvalue weighted by Crippen LogP contribution is 2.22. The normalized spacial score (nSPS) is 11.3. The van der Waals surface area contributed by atoms with Crippen LogP contribution in [0.1, 0.15) is 11.1 Å². The second-order valence-electron chi connectivity index (χ2n) is 4.59. The lowest BCUT2D eigenvalue weighted by Gasteiger charge is -2.10. The van der Waals surface area contributed by atoms with E-state index in [9.17, 15) is 12.8 Å². The Balaban J connectivity index is 2.38. The van der Waals surface area contributed by atoms with Crippen molar-refractivity contribution in [2.24, 2.45) is 0 Å². The quantitative estimate of drug-likeness (QED) is 0.855. The summed E-state index contributed by atoms with van der Waals surface area (Å²) in [7, 11) is -3.82. The molecule has 0 fully saturated rings. The van der Waals surface area contributed by atoms with Crippen molar-refractivity contribution in [3.8, 4) is 0 Å². The van der Waals surface area contributed by atoms with Gasteiger partial charge in [-0.1, -0.05) is 6.07 Å². The third kappa shape index (κ3) is 2.91. The first-order valence-corrected chi connectivity index (χ1v) is 7.43. The zero-order chi connectivity index (χ0) is 14.9. The maximum absolute atomic E-state index is 13.6. The molecule has 0 radical (unpaired) electrons. The Morgan fingerprint density at radius 2 is 1.75 bits per heavy atom. The SMILES string of the molecule is Cc1ccc(S(=O)(=O)Nc2ccc(N)cc2F)cc1C. The Kier molecular flexibility index (Phi) is 3.67. The van der Waals surface area contributed by atoms with E-state index in [2.05, 4.69) is 4.72 Å². The van der Waals surface area contributed by atoms with Gasteiger partial charge in [-0.15, -0.1) is 0 Å². The van der Waals surface area contributed by atoms with Gasteiger partial charge in [-0.3, -0.25) is 4.72 Å². The number of benzene rings is 2. The molecule has 0 heterocycles. The van der Waals surface area contributed by atoms with Crippen LogP contribution < -0.4 is 10.5 Å². The van der Waals surface area contributed by atoms with E-state index < -0.39 is 15.8 Å². The van der Waals surface area contributed by atoms with Gasteiger partial charge in [0.25, 0.3) is 10.0 Å². The first-order valence-electron chi connectivity index (χ1n) is 5.95. The van der Waals surface area contributed by atoms with Gasteiger partial charge < -0.3 is 5.73 Å². The fourth-order valence-electron chi connectivity index (χ4n) is 1.70. The molecule has 0 bridgehead atoms. The molecule has 3 N–H and O–H groups in total. The summed E-state index contributed by atoms with van der Waals surface area (Å²) in [5.74, 6) is -0.711. The summed E-state index contributed by atoms with van der Waals surface area (Å²) in [6, 6.07) is 8.54. The Morgan fingerprint density at radius 3 is 2.35 bits per heavy atom. The first kappa shape index (κ1) is 14.3. The van der Waals surface area contributed by atoms with Gasteiger partial charge in [0.2, 0.25) is 0 Å². The predicted octanol–water partition coefficient (Wildman–Crippen LogP) is 2.83. The molecule has 2 aromatic carbocycles. The average molecular weight is 294 g/mol. The highest BCUT2D eigenvalue weighted by Gasteiger charge is 2.16. The maximum Gasteiger partial charge on any atom is 0.261 e. The van der Waals surface area contributed by atoms with Gasteiger partial charge in [0.1, 0.15) is 5.82 Å². The van der Waals surface area contributed by atoms with Gasteiger partial charge in [0, 0.05) is 5.69 Å². The highest BCUT2D eigenvalue weighted by molar-refractivity contribution is 7.92. The number of sulfonamides is 1. The van der Waals surface area contributed by atoms with Crippen LogP contribution in [-0.4, -0.2) is 8.42 Å². The standard InChI is InChI=1S/C14H15FN2O2S/c1-9-3-5-12(7-10(9)2)20(18,19)17-14-6-4-11(16)8-13(14)15/h3-8,17H,16H2,1-2H3. The minimum absolute atomic E-state index is 0.0943. The summed E-state index contributed by atoms with van der Waals surface area (Å²) in [4.78, 5) is 0.0943. The van der Waals surface area contributed by atoms with E-state index >= 15 is 0 Å². The minimum atomic E-state index is -3.82. The summed E-state index contributed by atoms with van der Waals surface area (Å²) >= 11 is 0. The fourth-order valence-corrected chi connectivity index (χ4v) is 2.85. The van der Waals surface area contributed by atoms with Crippen LogP contribution in [-0.2, 0) is 10.0 Å². The van der Waals surface area contributed by atoms with Crippen LogP contribution in [0.3, 0.4) is 0 Å². The lowest BCUT2D eigenvalue weighted by Crippen LogP contribution is -2.14. The van der Waals surface area contributed by atoms with Gasteiger partial charge in [-0.05, 0) is 55.3 Å². The topological polar surface area (TPSA) is 72.2 Å². The summed E-state index contributed by atoms with van der Waals surface area (Å²) < 4.78 is 40.2. The highest BCUT2D eigenvalue weighted by atomic mass is 32.2. The zero-order valence-electron chi connectivity index (χ0n) is 11.1.